The van der Waals surface area contributed by atoms with Gasteiger partial charge in [-0.1, -0.05) is 18.2 Å². The standard InChI is InChI=1S/C19H26N4O2/c1-12-3-2-4-13-11-16(19(21)25)23(18(12)13)15-7-5-14(6-8-15)22-17(24)9-10-20/h2-4,11,14-15H,5-10,20H2,1H3,(H2,21,25)(H,22,24). The number of amides is 2. The molecule has 3 rings (SSSR count). The van der Waals surface area contributed by atoms with E-state index in [9.17, 15) is 9.59 Å². The van der Waals surface area contributed by atoms with E-state index in [1.807, 2.05) is 18.2 Å². The summed E-state index contributed by atoms with van der Waals surface area (Å²) in [5, 5.41) is 4.10. The first-order valence-corrected chi connectivity index (χ1v) is 8.91. The molecule has 134 valence electrons. The maximum absolute atomic E-state index is 12.0. The van der Waals surface area contributed by atoms with E-state index in [0.29, 0.717) is 18.7 Å². The van der Waals surface area contributed by atoms with Gasteiger partial charge in [0.25, 0.3) is 5.91 Å². The predicted molar refractivity (Wildman–Crippen MR) is 98.3 cm³/mol. The maximum Gasteiger partial charge on any atom is 0.265 e. The van der Waals surface area contributed by atoms with Gasteiger partial charge in [-0.2, -0.15) is 0 Å². The summed E-state index contributed by atoms with van der Waals surface area (Å²) in [4.78, 5) is 23.7. The van der Waals surface area contributed by atoms with Gasteiger partial charge < -0.3 is 21.4 Å². The lowest BCUT2D eigenvalue weighted by Gasteiger charge is -2.31. The number of benzene rings is 1. The van der Waals surface area contributed by atoms with Gasteiger partial charge in [0.15, 0.2) is 0 Å². The third-order valence-corrected chi connectivity index (χ3v) is 5.11. The molecule has 0 saturated heterocycles. The highest BCUT2D eigenvalue weighted by atomic mass is 16.2. The Morgan fingerprint density at radius 3 is 2.60 bits per heavy atom. The van der Waals surface area contributed by atoms with Gasteiger partial charge in [0, 0.05) is 30.4 Å². The van der Waals surface area contributed by atoms with Crippen LogP contribution in [0.4, 0.5) is 0 Å². The summed E-state index contributed by atoms with van der Waals surface area (Å²) < 4.78 is 2.12. The second-order valence-electron chi connectivity index (χ2n) is 6.89. The molecule has 0 spiro atoms. The lowest BCUT2D eigenvalue weighted by molar-refractivity contribution is -0.121. The van der Waals surface area contributed by atoms with Gasteiger partial charge in [-0.3, -0.25) is 9.59 Å². The number of hydrogen-bond donors (Lipinski definition) is 3. The van der Waals surface area contributed by atoms with Crippen LogP contribution in [-0.4, -0.2) is 29.0 Å². The number of nitrogens with one attached hydrogen (secondary N) is 1. The topological polar surface area (TPSA) is 103 Å². The Bertz CT molecular complexity index is 788. The number of para-hydroxylation sites is 1. The zero-order valence-electron chi connectivity index (χ0n) is 14.6. The van der Waals surface area contributed by atoms with E-state index < -0.39 is 5.91 Å². The smallest absolute Gasteiger partial charge is 0.265 e. The fraction of sp³-hybridized carbons (Fsp3) is 0.474. The number of carbonyl (C=O) groups excluding carboxylic acids is 2. The molecule has 1 aromatic carbocycles. The number of carbonyl (C=O) groups is 2. The summed E-state index contributed by atoms with van der Waals surface area (Å²) in [6, 6.07) is 8.38. The lowest BCUT2D eigenvalue weighted by Crippen LogP contribution is -2.39. The molecule has 6 nitrogen and oxygen atoms in total. The predicted octanol–water partition coefficient (Wildman–Crippen LogP) is 2.00. The summed E-state index contributed by atoms with van der Waals surface area (Å²) in [7, 11) is 0. The number of hydrogen-bond acceptors (Lipinski definition) is 3. The van der Waals surface area contributed by atoms with Crippen LogP contribution >= 0.6 is 0 Å². The first-order chi connectivity index (χ1) is 12.0. The van der Waals surface area contributed by atoms with E-state index in [1.54, 1.807) is 0 Å². The molecule has 1 fully saturated rings. The Kier molecular flexibility index (Phi) is 5.08. The molecule has 0 unspecified atom stereocenters. The molecular weight excluding hydrogens is 316 g/mol. The minimum Gasteiger partial charge on any atom is -0.364 e. The highest BCUT2D eigenvalue weighted by Crippen LogP contribution is 2.35. The Morgan fingerprint density at radius 2 is 1.96 bits per heavy atom. The molecule has 2 aromatic rings. The third kappa shape index (κ3) is 3.54. The monoisotopic (exact) mass is 342 g/mol. The molecule has 1 aliphatic carbocycles. The first kappa shape index (κ1) is 17.5. The van der Waals surface area contributed by atoms with Crippen LogP contribution in [0.3, 0.4) is 0 Å². The van der Waals surface area contributed by atoms with Crippen molar-refractivity contribution < 1.29 is 9.59 Å². The number of nitrogens with two attached hydrogens (primary N) is 2. The van der Waals surface area contributed by atoms with Gasteiger partial charge >= 0.3 is 0 Å². The van der Waals surface area contributed by atoms with Crippen LogP contribution in [0.2, 0.25) is 0 Å². The second kappa shape index (κ2) is 7.27. The first-order valence-electron chi connectivity index (χ1n) is 8.91. The number of aromatic nitrogens is 1. The van der Waals surface area contributed by atoms with Crippen molar-refractivity contribution >= 4 is 22.7 Å². The van der Waals surface area contributed by atoms with Crippen molar-refractivity contribution in [3.63, 3.8) is 0 Å². The zero-order valence-corrected chi connectivity index (χ0v) is 14.6. The fourth-order valence-electron chi connectivity index (χ4n) is 3.94. The molecule has 1 aliphatic rings. The molecule has 0 aliphatic heterocycles. The molecule has 0 atom stereocenters. The van der Waals surface area contributed by atoms with Gasteiger partial charge in [-0.05, 0) is 44.2 Å². The summed E-state index contributed by atoms with van der Waals surface area (Å²) in [6.45, 7) is 2.43. The Hall–Kier alpha value is -2.34. The minimum absolute atomic E-state index is 0.0195. The normalized spacial score (nSPS) is 20.6. The molecule has 1 aromatic heterocycles. The number of nitrogens with zero attached hydrogens (tertiary/aromatic N) is 1. The SMILES string of the molecule is Cc1cccc2cc(C(N)=O)n(C3CCC(NC(=O)CCN)CC3)c12. The van der Waals surface area contributed by atoms with Gasteiger partial charge in [-0.15, -0.1) is 0 Å². The van der Waals surface area contributed by atoms with Crippen molar-refractivity contribution in [3.05, 3.63) is 35.5 Å². The number of aryl methyl sites for hydroxylation is 1. The third-order valence-electron chi connectivity index (χ3n) is 5.11. The maximum atomic E-state index is 12.0. The minimum atomic E-state index is -0.394. The van der Waals surface area contributed by atoms with E-state index >= 15 is 0 Å². The number of fused-ring (bicyclic) bond motifs is 1. The molecule has 25 heavy (non-hydrogen) atoms. The molecule has 6 heteroatoms. The molecule has 2 amide bonds. The van der Waals surface area contributed by atoms with Crippen LogP contribution in [0.25, 0.3) is 10.9 Å². The highest BCUT2D eigenvalue weighted by Gasteiger charge is 2.27. The van der Waals surface area contributed by atoms with Gasteiger partial charge in [0.1, 0.15) is 5.69 Å². The number of primary amides is 1. The Morgan fingerprint density at radius 1 is 1.24 bits per heavy atom. The average molecular weight is 342 g/mol. The van der Waals surface area contributed by atoms with Crippen LogP contribution < -0.4 is 16.8 Å². The average Bonchev–Trinajstić information content (AvgIpc) is 2.97. The van der Waals surface area contributed by atoms with E-state index in [-0.39, 0.29) is 18.0 Å². The van der Waals surface area contributed by atoms with Crippen molar-refractivity contribution in [1.29, 1.82) is 0 Å². The van der Waals surface area contributed by atoms with Crippen molar-refractivity contribution in [2.24, 2.45) is 11.5 Å². The molecular formula is C19H26N4O2. The fourth-order valence-corrected chi connectivity index (χ4v) is 3.94. The molecule has 1 saturated carbocycles. The van der Waals surface area contributed by atoms with Crippen LogP contribution in [0, 0.1) is 6.92 Å². The summed E-state index contributed by atoms with van der Waals surface area (Å²) in [5.74, 6) is -0.375. The van der Waals surface area contributed by atoms with Crippen molar-refractivity contribution in [1.82, 2.24) is 9.88 Å². The Labute approximate surface area is 147 Å². The summed E-state index contributed by atoms with van der Waals surface area (Å²) >= 11 is 0. The highest BCUT2D eigenvalue weighted by molar-refractivity contribution is 5.98. The van der Waals surface area contributed by atoms with Crippen LogP contribution in [0.5, 0.6) is 0 Å². The Balaban J connectivity index is 1.82. The van der Waals surface area contributed by atoms with Crippen molar-refractivity contribution in [2.75, 3.05) is 6.54 Å². The number of rotatable bonds is 5. The largest absolute Gasteiger partial charge is 0.364 e. The molecule has 1 heterocycles. The molecule has 0 bridgehead atoms. The van der Waals surface area contributed by atoms with Crippen molar-refractivity contribution in [3.8, 4) is 0 Å². The zero-order chi connectivity index (χ0) is 18.0. The van der Waals surface area contributed by atoms with Gasteiger partial charge in [-0.25, -0.2) is 0 Å². The van der Waals surface area contributed by atoms with Crippen LogP contribution in [0.15, 0.2) is 24.3 Å². The van der Waals surface area contributed by atoms with Crippen molar-refractivity contribution in [2.45, 2.75) is 51.1 Å². The van der Waals surface area contributed by atoms with Gasteiger partial charge in [0.05, 0.1) is 5.52 Å². The van der Waals surface area contributed by atoms with Gasteiger partial charge in [0.2, 0.25) is 5.91 Å². The van der Waals surface area contributed by atoms with Crippen LogP contribution in [0.1, 0.15) is 54.2 Å². The van der Waals surface area contributed by atoms with E-state index in [1.165, 1.54) is 0 Å². The quantitative estimate of drug-likeness (QED) is 0.774. The van der Waals surface area contributed by atoms with E-state index in [2.05, 4.69) is 22.9 Å². The molecule has 0 radical (unpaired) electrons. The molecule has 5 N–H and O–H groups in total. The second-order valence-corrected chi connectivity index (χ2v) is 6.89. The van der Waals surface area contributed by atoms with Crippen LogP contribution in [-0.2, 0) is 4.79 Å². The lowest BCUT2D eigenvalue weighted by atomic mass is 9.90. The summed E-state index contributed by atoms with van der Waals surface area (Å²) in [5.41, 5.74) is 13.9. The van der Waals surface area contributed by atoms with E-state index in [0.717, 1.165) is 42.1 Å². The van der Waals surface area contributed by atoms with E-state index in [4.69, 9.17) is 11.5 Å². The summed E-state index contributed by atoms with van der Waals surface area (Å²) in [6.07, 6.45) is 3.97.